The van der Waals surface area contributed by atoms with Crippen molar-refractivity contribution in [3.63, 3.8) is 0 Å². The molecule has 3 atom stereocenters. The number of hydrogen-bond donors (Lipinski definition) is 1. The van der Waals surface area contributed by atoms with Gasteiger partial charge >= 0.3 is 0 Å². The van der Waals surface area contributed by atoms with Crippen LogP contribution in [0.5, 0.6) is 0 Å². The minimum atomic E-state index is -0.284. The third kappa shape index (κ3) is 4.09. The fraction of sp³-hybridized carbons (Fsp3) is 0.857. The summed E-state index contributed by atoms with van der Waals surface area (Å²) < 4.78 is 0. The SMILES string of the molecule is CCN(CC)C(=O)C1CCCN1C(=O)C(C)C(C)N.Cl. The predicted molar refractivity (Wildman–Crippen MR) is 82.7 cm³/mol. The van der Waals surface area contributed by atoms with E-state index in [-0.39, 0.29) is 42.2 Å². The van der Waals surface area contributed by atoms with Crippen molar-refractivity contribution < 1.29 is 9.59 Å². The van der Waals surface area contributed by atoms with Crippen molar-refractivity contribution in [2.24, 2.45) is 11.7 Å². The van der Waals surface area contributed by atoms with Crippen molar-refractivity contribution in [1.29, 1.82) is 0 Å². The molecule has 0 radical (unpaired) electrons. The average Bonchev–Trinajstić information content (AvgIpc) is 2.87. The standard InChI is InChI=1S/C14H27N3O2.ClH/c1-5-16(6-2)14(19)12-8-7-9-17(12)13(18)10(3)11(4)15;/h10-12H,5-9,15H2,1-4H3;1H. The molecule has 118 valence electrons. The summed E-state index contributed by atoms with van der Waals surface area (Å²) in [5.41, 5.74) is 5.80. The molecule has 6 heteroatoms. The third-order valence-corrected chi connectivity index (χ3v) is 4.07. The van der Waals surface area contributed by atoms with Crippen LogP contribution in [0, 0.1) is 5.92 Å². The predicted octanol–water partition coefficient (Wildman–Crippen LogP) is 1.25. The highest BCUT2D eigenvalue weighted by molar-refractivity contribution is 5.89. The van der Waals surface area contributed by atoms with E-state index in [1.165, 1.54) is 0 Å². The van der Waals surface area contributed by atoms with Crippen LogP contribution in [0.3, 0.4) is 0 Å². The second kappa shape index (κ2) is 8.47. The zero-order valence-electron chi connectivity index (χ0n) is 13.0. The van der Waals surface area contributed by atoms with Crippen LogP contribution in [-0.2, 0) is 9.59 Å². The molecule has 2 N–H and O–H groups in total. The van der Waals surface area contributed by atoms with Crippen molar-refractivity contribution in [2.75, 3.05) is 19.6 Å². The Hall–Kier alpha value is -0.810. The normalized spacial score (nSPS) is 21.1. The molecule has 1 aliphatic rings. The number of carbonyl (C=O) groups is 2. The third-order valence-electron chi connectivity index (χ3n) is 4.07. The highest BCUT2D eigenvalue weighted by atomic mass is 35.5. The molecule has 0 aromatic rings. The van der Waals surface area contributed by atoms with E-state index in [4.69, 9.17) is 5.73 Å². The van der Waals surface area contributed by atoms with Crippen molar-refractivity contribution in [2.45, 2.75) is 52.6 Å². The average molecular weight is 306 g/mol. The minimum absolute atomic E-state index is 0. The number of halogens is 1. The molecular formula is C14H28ClN3O2. The zero-order chi connectivity index (χ0) is 14.6. The molecule has 3 unspecified atom stereocenters. The number of amides is 2. The van der Waals surface area contributed by atoms with Gasteiger partial charge in [0.05, 0.1) is 5.92 Å². The molecule has 0 saturated carbocycles. The lowest BCUT2D eigenvalue weighted by Crippen LogP contribution is -2.50. The molecular weight excluding hydrogens is 278 g/mol. The maximum Gasteiger partial charge on any atom is 0.245 e. The van der Waals surface area contributed by atoms with Gasteiger partial charge < -0.3 is 15.5 Å². The van der Waals surface area contributed by atoms with Gasteiger partial charge in [-0.05, 0) is 33.6 Å². The fourth-order valence-corrected chi connectivity index (χ4v) is 2.52. The van der Waals surface area contributed by atoms with Crippen LogP contribution in [0.15, 0.2) is 0 Å². The summed E-state index contributed by atoms with van der Waals surface area (Å²) in [5.74, 6) is -0.143. The Morgan fingerprint density at radius 3 is 2.30 bits per heavy atom. The molecule has 0 aromatic carbocycles. The number of nitrogens with two attached hydrogens (primary N) is 1. The van der Waals surface area contributed by atoms with E-state index in [1.807, 2.05) is 27.7 Å². The first-order valence-electron chi connectivity index (χ1n) is 7.28. The van der Waals surface area contributed by atoms with E-state index in [9.17, 15) is 9.59 Å². The van der Waals surface area contributed by atoms with Crippen LogP contribution in [0.4, 0.5) is 0 Å². The van der Waals surface area contributed by atoms with Crippen LogP contribution in [0.2, 0.25) is 0 Å². The number of likely N-dealkylation sites (tertiary alicyclic amines) is 1. The van der Waals surface area contributed by atoms with Crippen LogP contribution in [-0.4, -0.2) is 53.3 Å². The number of hydrogen-bond acceptors (Lipinski definition) is 3. The van der Waals surface area contributed by atoms with Gasteiger partial charge in [0.1, 0.15) is 6.04 Å². The first-order chi connectivity index (χ1) is 8.93. The van der Waals surface area contributed by atoms with Crippen molar-refractivity contribution in [3.8, 4) is 0 Å². The number of likely N-dealkylation sites (N-methyl/N-ethyl adjacent to an activating group) is 1. The summed E-state index contributed by atoms with van der Waals surface area (Å²) in [7, 11) is 0. The largest absolute Gasteiger partial charge is 0.341 e. The Morgan fingerprint density at radius 1 is 1.30 bits per heavy atom. The summed E-state index contributed by atoms with van der Waals surface area (Å²) in [6.07, 6.45) is 1.67. The van der Waals surface area contributed by atoms with Crippen LogP contribution < -0.4 is 5.73 Å². The summed E-state index contributed by atoms with van der Waals surface area (Å²) >= 11 is 0. The highest BCUT2D eigenvalue weighted by Crippen LogP contribution is 2.22. The Balaban J connectivity index is 0.00000361. The van der Waals surface area contributed by atoms with Crippen molar-refractivity contribution in [3.05, 3.63) is 0 Å². The van der Waals surface area contributed by atoms with Crippen LogP contribution >= 0.6 is 12.4 Å². The topological polar surface area (TPSA) is 66.6 Å². The van der Waals surface area contributed by atoms with Gasteiger partial charge in [0.15, 0.2) is 0 Å². The first kappa shape index (κ1) is 19.2. The summed E-state index contributed by atoms with van der Waals surface area (Å²) in [6, 6.07) is -0.467. The second-order valence-electron chi connectivity index (χ2n) is 5.35. The molecule has 2 amide bonds. The Bertz CT molecular complexity index is 312. The smallest absolute Gasteiger partial charge is 0.245 e. The lowest BCUT2D eigenvalue weighted by Gasteiger charge is -2.31. The van der Waals surface area contributed by atoms with Gasteiger partial charge in [-0.1, -0.05) is 6.92 Å². The Kier molecular flexibility index (Phi) is 8.13. The minimum Gasteiger partial charge on any atom is -0.341 e. The number of carbonyl (C=O) groups excluding carboxylic acids is 2. The zero-order valence-corrected chi connectivity index (χ0v) is 13.8. The molecule has 20 heavy (non-hydrogen) atoms. The van der Waals surface area contributed by atoms with E-state index >= 15 is 0 Å². The fourth-order valence-electron chi connectivity index (χ4n) is 2.52. The summed E-state index contributed by atoms with van der Waals surface area (Å²) in [5, 5.41) is 0. The molecule has 0 bridgehead atoms. The molecule has 0 spiro atoms. The van der Waals surface area contributed by atoms with Gasteiger partial charge in [0.25, 0.3) is 0 Å². The number of nitrogens with zero attached hydrogens (tertiary/aromatic N) is 2. The van der Waals surface area contributed by atoms with E-state index in [1.54, 1.807) is 9.80 Å². The second-order valence-corrected chi connectivity index (χ2v) is 5.35. The number of rotatable bonds is 5. The molecule has 1 rings (SSSR count). The lowest BCUT2D eigenvalue weighted by atomic mass is 10.0. The lowest BCUT2D eigenvalue weighted by molar-refractivity contribution is -0.145. The molecule has 5 nitrogen and oxygen atoms in total. The van der Waals surface area contributed by atoms with Crippen molar-refractivity contribution in [1.82, 2.24) is 9.80 Å². The molecule has 1 fully saturated rings. The van der Waals surface area contributed by atoms with E-state index < -0.39 is 0 Å². The molecule has 0 aromatic heterocycles. The summed E-state index contributed by atoms with van der Waals surface area (Å²) in [6.45, 7) is 9.66. The maximum absolute atomic E-state index is 12.4. The van der Waals surface area contributed by atoms with Gasteiger partial charge in [0.2, 0.25) is 11.8 Å². The highest BCUT2D eigenvalue weighted by Gasteiger charge is 2.37. The van der Waals surface area contributed by atoms with Gasteiger partial charge in [0, 0.05) is 25.7 Å². The van der Waals surface area contributed by atoms with Gasteiger partial charge in [-0.15, -0.1) is 12.4 Å². The van der Waals surface area contributed by atoms with E-state index in [2.05, 4.69) is 0 Å². The quantitative estimate of drug-likeness (QED) is 0.831. The first-order valence-corrected chi connectivity index (χ1v) is 7.28. The molecule has 1 aliphatic heterocycles. The van der Waals surface area contributed by atoms with Crippen LogP contribution in [0.1, 0.15) is 40.5 Å². The van der Waals surface area contributed by atoms with Crippen LogP contribution in [0.25, 0.3) is 0 Å². The monoisotopic (exact) mass is 305 g/mol. The Labute approximate surface area is 128 Å². The molecule has 0 aliphatic carbocycles. The van der Waals surface area contributed by atoms with Gasteiger partial charge in [-0.2, -0.15) is 0 Å². The molecule has 1 saturated heterocycles. The van der Waals surface area contributed by atoms with E-state index in [0.29, 0.717) is 19.6 Å². The Morgan fingerprint density at radius 2 is 1.85 bits per heavy atom. The summed E-state index contributed by atoms with van der Waals surface area (Å²) in [4.78, 5) is 28.3. The van der Waals surface area contributed by atoms with Gasteiger partial charge in [-0.25, -0.2) is 0 Å². The maximum atomic E-state index is 12.4. The molecule has 1 heterocycles. The van der Waals surface area contributed by atoms with Crippen molar-refractivity contribution >= 4 is 24.2 Å². The van der Waals surface area contributed by atoms with E-state index in [0.717, 1.165) is 12.8 Å². The van der Waals surface area contributed by atoms with Gasteiger partial charge in [-0.3, -0.25) is 9.59 Å².